The number of hydrogen-bond donors (Lipinski definition) is 0. The van der Waals surface area contributed by atoms with Crippen LogP contribution < -0.4 is 4.74 Å². The molecule has 28 heavy (non-hydrogen) atoms. The molecule has 0 saturated heterocycles. The van der Waals surface area contributed by atoms with E-state index in [1.807, 2.05) is 42.2 Å². The Morgan fingerprint density at radius 3 is 2.79 bits per heavy atom. The summed E-state index contributed by atoms with van der Waals surface area (Å²) in [6.45, 7) is 3.51. The Bertz CT molecular complexity index is 1040. The number of nitrogens with zero attached hydrogens (tertiary/aromatic N) is 4. The molecule has 1 aliphatic rings. The number of rotatable bonds is 5. The molecule has 1 atom stereocenters. The third-order valence-electron chi connectivity index (χ3n) is 4.83. The number of ether oxygens (including phenoxy) is 1. The van der Waals surface area contributed by atoms with Crippen LogP contribution in [-0.4, -0.2) is 26.6 Å². The molecule has 3 aromatic rings. The molecule has 2 heterocycles. The lowest BCUT2D eigenvalue weighted by Crippen LogP contribution is -2.46. The van der Waals surface area contributed by atoms with E-state index in [9.17, 15) is 4.79 Å². The van der Waals surface area contributed by atoms with E-state index in [4.69, 9.17) is 10.00 Å². The zero-order valence-corrected chi connectivity index (χ0v) is 15.6. The van der Waals surface area contributed by atoms with Crippen molar-refractivity contribution in [3.8, 4) is 11.8 Å². The molecule has 0 N–H and O–H groups in total. The number of fused-ring (bicyclic) bond motifs is 1. The summed E-state index contributed by atoms with van der Waals surface area (Å²) < 4.78 is 7.51. The smallest absolute Gasteiger partial charge is 0.272 e. The van der Waals surface area contributed by atoms with E-state index >= 15 is 0 Å². The molecule has 0 bridgehead atoms. The van der Waals surface area contributed by atoms with Gasteiger partial charge in [0.25, 0.3) is 5.91 Å². The molecule has 6 nitrogen and oxygen atoms in total. The maximum absolute atomic E-state index is 13.0. The van der Waals surface area contributed by atoms with Crippen molar-refractivity contribution >= 4 is 5.91 Å². The lowest BCUT2D eigenvalue weighted by molar-refractivity contribution is 0.0584. The van der Waals surface area contributed by atoms with Crippen LogP contribution in [0.1, 0.15) is 34.2 Å². The number of hydrogen-bond acceptors (Lipinski definition) is 4. The number of amides is 1. The summed E-state index contributed by atoms with van der Waals surface area (Å²) in [6.07, 6.45) is 0. The Hall–Kier alpha value is -3.59. The predicted octanol–water partition coefficient (Wildman–Crippen LogP) is 3.38. The fourth-order valence-electron chi connectivity index (χ4n) is 3.37. The lowest BCUT2D eigenvalue weighted by atomic mass is 10.1. The molecule has 1 aromatic heterocycles. The van der Waals surface area contributed by atoms with Gasteiger partial charge in [-0.1, -0.05) is 36.4 Å². The van der Waals surface area contributed by atoms with Gasteiger partial charge in [-0.05, 0) is 36.8 Å². The molecular formula is C22H20N4O2. The fraction of sp³-hybridized carbons (Fsp3) is 0.227. The van der Waals surface area contributed by atoms with Gasteiger partial charge in [-0.3, -0.25) is 9.48 Å². The maximum Gasteiger partial charge on any atom is 0.272 e. The van der Waals surface area contributed by atoms with Crippen molar-refractivity contribution in [3.05, 3.63) is 83.2 Å². The summed E-state index contributed by atoms with van der Waals surface area (Å²) in [4.78, 5) is 14.9. The topological polar surface area (TPSA) is 71.1 Å². The van der Waals surface area contributed by atoms with Crippen LogP contribution in [-0.2, 0) is 19.7 Å². The molecule has 140 valence electrons. The quantitative estimate of drug-likeness (QED) is 0.688. The summed E-state index contributed by atoms with van der Waals surface area (Å²) in [7, 11) is 0. The Balaban J connectivity index is 1.49. The standard InChI is InChI=1S/C22H20N4O2/c1-16-13-26-21(22(27)25(16)14-17-6-3-2-4-7-17)11-19(24-26)15-28-20-9-5-8-18(10-20)12-23/h2-11,16H,13-15H2,1H3/t16-/m1/s1. The van der Waals surface area contributed by atoms with E-state index in [-0.39, 0.29) is 18.6 Å². The molecule has 1 aliphatic heterocycles. The average molecular weight is 372 g/mol. The highest BCUT2D eigenvalue weighted by Gasteiger charge is 2.31. The number of aromatic nitrogens is 2. The van der Waals surface area contributed by atoms with Gasteiger partial charge >= 0.3 is 0 Å². The van der Waals surface area contributed by atoms with E-state index in [1.54, 1.807) is 35.0 Å². The van der Waals surface area contributed by atoms with E-state index in [0.717, 1.165) is 5.56 Å². The van der Waals surface area contributed by atoms with Gasteiger partial charge in [0.15, 0.2) is 0 Å². The van der Waals surface area contributed by atoms with Crippen LogP contribution in [0.25, 0.3) is 0 Å². The molecule has 1 amide bonds. The number of benzene rings is 2. The first-order valence-corrected chi connectivity index (χ1v) is 9.18. The highest BCUT2D eigenvalue weighted by molar-refractivity contribution is 5.93. The zero-order chi connectivity index (χ0) is 19.5. The van der Waals surface area contributed by atoms with Gasteiger partial charge in [-0.2, -0.15) is 10.4 Å². The van der Waals surface area contributed by atoms with Crippen LogP contribution in [0.5, 0.6) is 5.75 Å². The zero-order valence-electron chi connectivity index (χ0n) is 15.6. The molecule has 4 rings (SSSR count). The molecule has 0 spiro atoms. The van der Waals surface area contributed by atoms with Crippen LogP contribution in [0.2, 0.25) is 0 Å². The molecule has 0 aliphatic carbocycles. The van der Waals surface area contributed by atoms with E-state index in [2.05, 4.69) is 11.2 Å². The van der Waals surface area contributed by atoms with Crippen LogP contribution >= 0.6 is 0 Å². The fourth-order valence-corrected chi connectivity index (χ4v) is 3.37. The summed E-state index contributed by atoms with van der Waals surface area (Å²) in [5, 5.41) is 13.5. The molecule has 0 saturated carbocycles. The highest BCUT2D eigenvalue weighted by Crippen LogP contribution is 2.22. The third kappa shape index (κ3) is 3.60. The van der Waals surface area contributed by atoms with Gasteiger partial charge in [0.1, 0.15) is 23.7 Å². The Labute approximate surface area is 163 Å². The van der Waals surface area contributed by atoms with Gasteiger partial charge < -0.3 is 9.64 Å². The second-order valence-electron chi connectivity index (χ2n) is 6.90. The van der Waals surface area contributed by atoms with Gasteiger partial charge in [0, 0.05) is 12.6 Å². The van der Waals surface area contributed by atoms with Crippen molar-refractivity contribution in [2.45, 2.75) is 32.7 Å². The van der Waals surface area contributed by atoms with Crippen LogP contribution in [0.3, 0.4) is 0 Å². The molecule has 0 unspecified atom stereocenters. The summed E-state index contributed by atoms with van der Waals surface area (Å²) in [5.74, 6) is 0.586. The second kappa shape index (κ2) is 7.57. The maximum atomic E-state index is 13.0. The first-order chi connectivity index (χ1) is 13.6. The Kier molecular flexibility index (Phi) is 4.81. The van der Waals surface area contributed by atoms with Gasteiger partial charge in [-0.25, -0.2) is 0 Å². The van der Waals surface area contributed by atoms with Crippen LogP contribution in [0.15, 0.2) is 60.7 Å². The largest absolute Gasteiger partial charge is 0.487 e. The molecule has 0 radical (unpaired) electrons. The van der Waals surface area contributed by atoms with Crippen molar-refractivity contribution in [3.63, 3.8) is 0 Å². The molecular weight excluding hydrogens is 352 g/mol. The van der Waals surface area contributed by atoms with Crippen molar-refractivity contribution in [2.75, 3.05) is 0 Å². The van der Waals surface area contributed by atoms with Crippen LogP contribution in [0.4, 0.5) is 0 Å². The molecule has 0 fully saturated rings. The van der Waals surface area contributed by atoms with E-state index in [0.29, 0.717) is 35.8 Å². The molecule has 6 heteroatoms. The normalized spacial score (nSPS) is 15.8. The number of carbonyl (C=O) groups is 1. The van der Waals surface area contributed by atoms with Crippen molar-refractivity contribution in [2.24, 2.45) is 0 Å². The molecule has 2 aromatic carbocycles. The SMILES string of the molecule is C[C@@H]1Cn2nc(COc3cccc(C#N)c3)cc2C(=O)N1Cc1ccccc1. The highest BCUT2D eigenvalue weighted by atomic mass is 16.5. The van der Waals surface area contributed by atoms with Crippen molar-refractivity contribution in [1.29, 1.82) is 5.26 Å². The monoisotopic (exact) mass is 372 g/mol. The Morgan fingerprint density at radius 1 is 1.18 bits per heavy atom. The van der Waals surface area contributed by atoms with Crippen molar-refractivity contribution < 1.29 is 9.53 Å². The van der Waals surface area contributed by atoms with E-state index in [1.165, 1.54) is 0 Å². The minimum Gasteiger partial charge on any atom is -0.487 e. The minimum absolute atomic E-state index is 0.0205. The summed E-state index contributed by atoms with van der Waals surface area (Å²) in [5.41, 5.74) is 2.93. The van der Waals surface area contributed by atoms with Crippen LogP contribution in [0, 0.1) is 11.3 Å². The third-order valence-corrected chi connectivity index (χ3v) is 4.83. The summed E-state index contributed by atoms with van der Waals surface area (Å²) >= 11 is 0. The van der Waals surface area contributed by atoms with E-state index < -0.39 is 0 Å². The predicted molar refractivity (Wildman–Crippen MR) is 103 cm³/mol. The van der Waals surface area contributed by atoms with Gasteiger partial charge in [-0.15, -0.1) is 0 Å². The average Bonchev–Trinajstić information content (AvgIpc) is 3.13. The second-order valence-corrected chi connectivity index (χ2v) is 6.90. The first-order valence-electron chi connectivity index (χ1n) is 9.18. The van der Waals surface area contributed by atoms with Gasteiger partial charge in [0.2, 0.25) is 0 Å². The Morgan fingerprint density at radius 2 is 2.00 bits per heavy atom. The lowest BCUT2D eigenvalue weighted by Gasteiger charge is -2.33. The number of nitriles is 1. The minimum atomic E-state index is -0.0205. The first kappa shape index (κ1) is 17.8. The van der Waals surface area contributed by atoms with Crippen molar-refractivity contribution in [1.82, 2.24) is 14.7 Å². The van der Waals surface area contributed by atoms with Gasteiger partial charge in [0.05, 0.1) is 18.2 Å². The number of carbonyl (C=O) groups excluding carboxylic acids is 1. The summed E-state index contributed by atoms with van der Waals surface area (Å²) in [6, 6.07) is 20.9.